The third kappa shape index (κ3) is 2.94. The number of Topliss-reactive ketones (excluding diaryl/α,β-unsaturated/α-hetero) is 2. The first-order valence-corrected chi connectivity index (χ1v) is 7.97. The van der Waals surface area contributed by atoms with Crippen LogP contribution in [0, 0.1) is 5.92 Å². The van der Waals surface area contributed by atoms with Crippen molar-refractivity contribution in [3.63, 3.8) is 0 Å². The van der Waals surface area contributed by atoms with Crippen LogP contribution >= 0.6 is 27.5 Å². The second-order valence-electron chi connectivity index (χ2n) is 5.12. The number of hydrogen-bond acceptors (Lipinski definition) is 3. The maximum Gasteiger partial charge on any atom is 0.173 e. The van der Waals surface area contributed by atoms with Gasteiger partial charge in [0.15, 0.2) is 11.6 Å². The molecular weight excluding hydrogens is 368 g/mol. The van der Waals surface area contributed by atoms with E-state index in [9.17, 15) is 9.59 Å². The molecule has 1 aliphatic rings. The topological polar surface area (TPSA) is 43.4 Å². The van der Waals surface area contributed by atoms with E-state index in [4.69, 9.17) is 16.3 Å². The Kier molecular flexibility index (Phi) is 4.32. The molecule has 1 aliphatic heterocycles. The maximum atomic E-state index is 12.5. The Bertz CT molecular complexity index is 757. The molecule has 0 bridgehead atoms. The fourth-order valence-corrected chi connectivity index (χ4v) is 3.16. The highest BCUT2D eigenvalue weighted by atomic mass is 79.9. The van der Waals surface area contributed by atoms with Gasteiger partial charge in [-0.25, -0.2) is 0 Å². The number of hydrogen-bond donors (Lipinski definition) is 0. The molecule has 0 aliphatic carbocycles. The molecular formula is C17H12BrClO3. The zero-order chi connectivity index (χ0) is 15.7. The van der Waals surface area contributed by atoms with Gasteiger partial charge in [0.1, 0.15) is 5.75 Å². The number of halogens is 2. The highest BCUT2D eigenvalue weighted by Crippen LogP contribution is 2.32. The van der Waals surface area contributed by atoms with Gasteiger partial charge in [-0.15, -0.1) is 0 Å². The standard InChI is InChI=1S/C17H12BrClO3/c18-14-4-2-1-3-12(14)15(20)7-10-9-22-16-6-5-11(19)8-13(16)17(10)21/h1-6,8,10H,7,9H2. The van der Waals surface area contributed by atoms with Gasteiger partial charge in [-0.2, -0.15) is 0 Å². The molecule has 2 aromatic carbocycles. The molecule has 22 heavy (non-hydrogen) atoms. The predicted octanol–water partition coefficient (Wildman–Crippen LogP) is 4.57. The SMILES string of the molecule is O=C(CC1COc2ccc(Cl)cc2C1=O)c1ccccc1Br. The maximum absolute atomic E-state index is 12.5. The summed E-state index contributed by atoms with van der Waals surface area (Å²) >= 11 is 9.29. The largest absolute Gasteiger partial charge is 0.492 e. The number of benzene rings is 2. The Morgan fingerprint density at radius 1 is 1.27 bits per heavy atom. The summed E-state index contributed by atoms with van der Waals surface area (Å²) in [7, 11) is 0. The lowest BCUT2D eigenvalue weighted by molar-refractivity contribution is 0.0768. The van der Waals surface area contributed by atoms with Crippen molar-refractivity contribution in [2.75, 3.05) is 6.61 Å². The lowest BCUT2D eigenvalue weighted by Gasteiger charge is -2.23. The first-order chi connectivity index (χ1) is 10.6. The van der Waals surface area contributed by atoms with E-state index in [-0.39, 0.29) is 24.6 Å². The van der Waals surface area contributed by atoms with Crippen LogP contribution in [0.25, 0.3) is 0 Å². The highest BCUT2D eigenvalue weighted by molar-refractivity contribution is 9.10. The minimum atomic E-state index is -0.481. The van der Waals surface area contributed by atoms with Gasteiger partial charge in [0.2, 0.25) is 0 Å². The summed E-state index contributed by atoms with van der Waals surface area (Å²) in [6.07, 6.45) is 0.118. The van der Waals surface area contributed by atoms with Crippen molar-refractivity contribution < 1.29 is 14.3 Å². The van der Waals surface area contributed by atoms with E-state index in [1.54, 1.807) is 30.3 Å². The van der Waals surface area contributed by atoms with Crippen LogP contribution in [0.3, 0.4) is 0 Å². The van der Waals surface area contributed by atoms with Crippen LogP contribution in [-0.4, -0.2) is 18.2 Å². The summed E-state index contributed by atoms with van der Waals surface area (Å²) in [5.41, 5.74) is 1.02. The van der Waals surface area contributed by atoms with E-state index in [0.29, 0.717) is 21.9 Å². The fraction of sp³-hybridized carbons (Fsp3) is 0.176. The molecule has 0 amide bonds. The third-order valence-electron chi connectivity index (χ3n) is 3.62. The van der Waals surface area contributed by atoms with Crippen molar-refractivity contribution in [3.8, 4) is 5.75 Å². The van der Waals surface area contributed by atoms with Crippen LogP contribution < -0.4 is 4.74 Å². The smallest absolute Gasteiger partial charge is 0.173 e. The number of ether oxygens (including phenoxy) is 1. The Morgan fingerprint density at radius 2 is 2.05 bits per heavy atom. The van der Waals surface area contributed by atoms with E-state index in [2.05, 4.69) is 15.9 Å². The van der Waals surface area contributed by atoms with Gasteiger partial charge in [-0.3, -0.25) is 9.59 Å². The molecule has 0 saturated carbocycles. The van der Waals surface area contributed by atoms with Crippen LogP contribution in [-0.2, 0) is 0 Å². The van der Waals surface area contributed by atoms with Crippen molar-refractivity contribution in [2.45, 2.75) is 6.42 Å². The Morgan fingerprint density at radius 3 is 2.82 bits per heavy atom. The van der Waals surface area contributed by atoms with Gasteiger partial charge >= 0.3 is 0 Å². The fourth-order valence-electron chi connectivity index (χ4n) is 2.48. The second kappa shape index (κ2) is 6.23. The number of carbonyl (C=O) groups excluding carboxylic acids is 2. The second-order valence-corrected chi connectivity index (χ2v) is 6.41. The molecule has 0 fully saturated rings. The molecule has 1 atom stereocenters. The number of carbonyl (C=O) groups is 2. The van der Waals surface area contributed by atoms with E-state index in [1.165, 1.54) is 0 Å². The Balaban J connectivity index is 1.81. The first-order valence-electron chi connectivity index (χ1n) is 6.80. The molecule has 1 unspecified atom stereocenters. The van der Waals surface area contributed by atoms with Gasteiger partial charge in [0.25, 0.3) is 0 Å². The molecule has 3 rings (SSSR count). The molecule has 3 nitrogen and oxygen atoms in total. The average molecular weight is 380 g/mol. The van der Waals surface area contributed by atoms with Gasteiger partial charge in [-0.05, 0) is 24.3 Å². The molecule has 0 radical (unpaired) electrons. The van der Waals surface area contributed by atoms with E-state index in [1.807, 2.05) is 12.1 Å². The minimum Gasteiger partial charge on any atom is -0.492 e. The van der Waals surface area contributed by atoms with Crippen molar-refractivity contribution >= 4 is 39.1 Å². The van der Waals surface area contributed by atoms with Gasteiger partial charge in [0, 0.05) is 21.5 Å². The van der Waals surface area contributed by atoms with Gasteiger partial charge in [0.05, 0.1) is 18.1 Å². The summed E-state index contributed by atoms with van der Waals surface area (Å²) in [5, 5.41) is 0.480. The molecule has 0 aromatic heterocycles. The highest BCUT2D eigenvalue weighted by Gasteiger charge is 2.31. The number of fused-ring (bicyclic) bond motifs is 1. The van der Waals surface area contributed by atoms with Crippen molar-refractivity contribution in [1.82, 2.24) is 0 Å². The summed E-state index contributed by atoms with van der Waals surface area (Å²) in [6, 6.07) is 12.1. The third-order valence-corrected chi connectivity index (χ3v) is 4.55. The zero-order valence-corrected chi connectivity index (χ0v) is 13.9. The molecule has 0 spiro atoms. The quantitative estimate of drug-likeness (QED) is 0.734. The normalized spacial score (nSPS) is 16.8. The van der Waals surface area contributed by atoms with Gasteiger partial charge in [-0.1, -0.05) is 45.7 Å². The van der Waals surface area contributed by atoms with Crippen molar-refractivity contribution in [2.24, 2.45) is 5.92 Å². The zero-order valence-electron chi connectivity index (χ0n) is 11.5. The predicted molar refractivity (Wildman–Crippen MR) is 87.9 cm³/mol. The minimum absolute atomic E-state index is 0.0834. The Hall–Kier alpha value is -1.65. The van der Waals surface area contributed by atoms with Crippen LogP contribution in [0.1, 0.15) is 27.1 Å². The molecule has 112 valence electrons. The first kappa shape index (κ1) is 15.3. The summed E-state index contributed by atoms with van der Waals surface area (Å²) in [4.78, 5) is 24.9. The van der Waals surface area contributed by atoms with Gasteiger partial charge < -0.3 is 4.74 Å². The summed E-state index contributed by atoms with van der Waals surface area (Å²) in [6.45, 7) is 0.212. The van der Waals surface area contributed by atoms with E-state index >= 15 is 0 Å². The monoisotopic (exact) mass is 378 g/mol. The molecule has 2 aromatic rings. The summed E-state index contributed by atoms with van der Waals surface area (Å²) in [5.74, 6) is -0.131. The number of rotatable bonds is 3. The van der Waals surface area contributed by atoms with Crippen LogP contribution in [0.2, 0.25) is 5.02 Å². The Labute approximate surface area is 141 Å². The molecule has 1 heterocycles. The van der Waals surface area contributed by atoms with Crippen LogP contribution in [0.4, 0.5) is 0 Å². The van der Waals surface area contributed by atoms with Crippen LogP contribution in [0.15, 0.2) is 46.9 Å². The average Bonchev–Trinajstić information content (AvgIpc) is 2.51. The lowest BCUT2D eigenvalue weighted by Crippen LogP contribution is -2.29. The van der Waals surface area contributed by atoms with E-state index in [0.717, 1.165) is 4.47 Å². The van der Waals surface area contributed by atoms with E-state index < -0.39 is 5.92 Å². The summed E-state index contributed by atoms with van der Waals surface area (Å²) < 4.78 is 6.31. The van der Waals surface area contributed by atoms with Crippen molar-refractivity contribution in [3.05, 3.63) is 63.1 Å². The molecule has 5 heteroatoms. The van der Waals surface area contributed by atoms with Crippen molar-refractivity contribution in [1.29, 1.82) is 0 Å². The molecule has 0 saturated heterocycles. The molecule has 0 N–H and O–H groups in total. The van der Waals surface area contributed by atoms with Crippen LogP contribution in [0.5, 0.6) is 5.75 Å². The number of ketones is 2. The lowest BCUT2D eigenvalue weighted by atomic mass is 9.89.